The highest BCUT2D eigenvalue weighted by molar-refractivity contribution is 5.90. The molecule has 2 fully saturated rings. The van der Waals surface area contributed by atoms with Gasteiger partial charge in [0.15, 0.2) is 0 Å². The minimum Gasteiger partial charge on any atom is -0.489 e. The second-order valence-electron chi connectivity index (χ2n) is 13.9. The van der Waals surface area contributed by atoms with Gasteiger partial charge in [0.05, 0.1) is 6.04 Å². The standard InChI is InChI=1S/C40H54N4O3/c1-31(2)27-38(42(3)35-17-11-6-12-18-35)39(45)41-37(28-32-19-21-36(22-20-32)47-30-34-15-9-5-10-16-34)40(46)44-25-23-43(24-26-44)29-33-13-7-4-8-14-33/h4-5,7-10,13-16,19-22,31,35,37-38H,6,11-12,17-18,23-30H2,1-3H3,(H,41,45)/t37-,38-/m0/s1. The van der Waals surface area contributed by atoms with Gasteiger partial charge >= 0.3 is 0 Å². The van der Waals surface area contributed by atoms with Gasteiger partial charge in [-0.25, -0.2) is 0 Å². The van der Waals surface area contributed by atoms with E-state index in [1.807, 2.05) is 65.6 Å². The van der Waals surface area contributed by atoms with Crippen molar-refractivity contribution in [3.05, 3.63) is 102 Å². The molecule has 7 heteroatoms. The lowest BCUT2D eigenvalue weighted by Crippen LogP contribution is -2.58. The molecule has 252 valence electrons. The molecule has 1 N–H and O–H groups in total. The minimum atomic E-state index is -0.631. The maximum absolute atomic E-state index is 14.2. The van der Waals surface area contributed by atoms with Crippen LogP contribution in [0.1, 0.15) is 69.1 Å². The summed E-state index contributed by atoms with van der Waals surface area (Å²) in [4.78, 5) is 35.0. The summed E-state index contributed by atoms with van der Waals surface area (Å²) in [5.41, 5.74) is 3.40. The van der Waals surface area contributed by atoms with Crippen molar-refractivity contribution >= 4 is 11.8 Å². The molecule has 1 heterocycles. The summed E-state index contributed by atoms with van der Waals surface area (Å²) in [6, 6.07) is 28.1. The van der Waals surface area contributed by atoms with Crippen LogP contribution in [0.2, 0.25) is 0 Å². The molecule has 0 unspecified atom stereocenters. The number of nitrogens with one attached hydrogen (secondary N) is 1. The zero-order chi connectivity index (χ0) is 33.0. The molecule has 3 aromatic rings. The molecule has 1 saturated carbocycles. The van der Waals surface area contributed by atoms with E-state index in [2.05, 4.69) is 60.3 Å². The molecule has 0 bridgehead atoms. The zero-order valence-electron chi connectivity index (χ0n) is 28.7. The molecule has 1 aliphatic heterocycles. The number of carbonyl (C=O) groups is 2. The normalized spacial score (nSPS) is 17.4. The van der Waals surface area contributed by atoms with Crippen LogP contribution >= 0.6 is 0 Å². The SMILES string of the molecule is CC(C)C[C@@H](C(=O)N[C@@H](Cc1ccc(OCc2ccccc2)cc1)C(=O)N1CCN(Cc2ccccc2)CC1)N(C)C1CCCCC1. The fraction of sp³-hybridized carbons (Fsp3) is 0.500. The number of ether oxygens (including phenoxy) is 1. The summed E-state index contributed by atoms with van der Waals surface area (Å²) < 4.78 is 6.01. The van der Waals surface area contributed by atoms with E-state index in [0.717, 1.165) is 55.8 Å². The Morgan fingerprint density at radius 2 is 1.43 bits per heavy atom. The number of hydrogen-bond acceptors (Lipinski definition) is 5. The molecular formula is C40H54N4O3. The number of likely N-dealkylation sites (N-methyl/N-ethyl adjacent to an activating group) is 1. The van der Waals surface area contributed by atoms with Gasteiger partial charge < -0.3 is 15.0 Å². The van der Waals surface area contributed by atoms with Crippen LogP contribution in [0.15, 0.2) is 84.9 Å². The number of carbonyl (C=O) groups excluding carboxylic acids is 2. The smallest absolute Gasteiger partial charge is 0.245 e. The quantitative estimate of drug-likeness (QED) is 0.224. The van der Waals surface area contributed by atoms with Crippen molar-refractivity contribution in [3.8, 4) is 5.75 Å². The maximum atomic E-state index is 14.2. The number of piperazine rings is 1. The first-order valence-corrected chi connectivity index (χ1v) is 17.7. The fourth-order valence-corrected chi connectivity index (χ4v) is 7.00. The van der Waals surface area contributed by atoms with Crippen LogP contribution in [0.4, 0.5) is 0 Å². The lowest BCUT2D eigenvalue weighted by molar-refractivity contribution is -0.139. The maximum Gasteiger partial charge on any atom is 0.245 e. The van der Waals surface area contributed by atoms with Gasteiger partial charge in [0.25, 0.3) is 0 Å². The molecule has 0 radical (unpaired) electrons. The molecule has 3 aromatic carbocycles. The molecule has 7 nitrogen and oxygen atoms in total. The van der Waals surface area contributed by atoms with Crippen molar-refractivity contribution in [2.75, 3.05) is 33.2 Å². The molecule has 47 heavy (non-hydrogen) atoms. The summed E-state index contributed by atoms with van der Waals surface area (Å²) in [7, 11) is 2.11. The van der Waals surface area contributed by atoms with Crippen LogP contribution in [0.5, 0.6) is 5.75 Å². The van der Waals surface area contributed by atoms with Gasteiger partial charge in [-0.3, -0.25) is 19.4 Å². The second kappa shape index (κ2) is 17.5. The lowest BCUT2D eigenvalue weighted by atomic mass is 9.91. The molecule has 0 spiro atoms. The highest BCUT2D eigenvalue weighted by atomic mass is 16.5. The zero-order valence-corrected chi connectivity index (χ0v) is 28.7. The Kier molecular flexibility index (Phi) is 12.9. The number of hydrogen-bond donors (Lipinski definition) is 1. The third-order valence-electron chi connectivity index (χ3n) is 9.80. The summed E-state index contributed by atoms with van der Waals surface area (Å²) >= 11 is 0. The molecule has 5 rings (SSSR count). The van der Waals surface area contributed by atoms with Crippen molar-refractivity contribution in [3.63, 3.8) is 0 Å². The third kappa shape index (κ3) is 10.4. The highest BCUT2D eigenvalue weighted by Gasteiger charge is 2.34. The third-order valence-corrected chi connectivity index (χ3v) is 9.80. The molecule has 1 aliphatic carbocycles. The topological polar surface area (TPSA) is 65.1 Å². The summed E-state index contributed by atoms with van der Waals surface area (Å²) in [6.45, 7) is 8.67. The van der Waals surface area contributed by atoms with E-state index in [9.17, 15) is 9.59 Å². The van der Waals surface area contributed by atoms with Crippen LogP contribution in [0.25, 0.3) is 0 Å². The second-order valence-corrected chi connectivity index (χ2v) is 13.9. The van der Waals surface area contributed by atoms with Gasteiger partial charge in [0, 0.05) is 45.2 Å². The van der Waals surface area contributed by atoms with E-state index in [-0.39, 0.29) is 17.9 Å². The van der Waals surface area contributed by atoms with Gasteiger partial charge in [0.2, 0.25) is 11.8 Å². The van der Waals surface area contributed by atoms with E-state index in [0.29, 0.717) is 38.1 Å². The molecule has 0 aromatic heterocycles. The Labute approximate surface area is 282 Å². The van der Waals surface area contributed by atoms with Crippen LogP contribution < -0.4 is 10.1 Å². The Morgan fingerprint density at radius 1 is 0.809 bits per heavy atom. The van der Waals surface area contributed by atoms with Crippen LogP contribution in [0, 0.1) is 5.92 Å². The van der Waals surface area contributed by atoms with Gasteiger partial charge in [-0.05, 0) is 61.1 Å². The Bertz CT molecular complexity index is 1370. The van der Waals surface area contributed by atoms with Gasteiger partial charge in [-0.1, -0.05) is 106 Å². The van der Waals surface area contributed by atoms with Gasteiger partial charge in [0.1, 0.15) is 18.4 Å². The minimum absolute atomic E-state index is 0.00531. The van der Waals surface area contributed by atoms with Gasteiger partial charge in [-0.2, -0.15) is 0 Å². The monoisotopic (exact) mass is 638 g/mol. The van der Waals surface area contributed by atoms with Crippen LogP contribution in [-0.2, 0) is 29.2 Å². The first kappa shape index (κ1) is 34.6. The largest absolute Gasteiger partial charge is 0.489 e. The molecule has 1 saturated heterocycles. The Balaban J connectivity index is 1.27. The average molecular weight is 639 g/mol. The Morgan fingerprint density at radius 3 is 2.04 bits per heavy atom. The van der Waals surface area contributed by atoms with E-state index < -0.39 is 6.04 Å². The first-order valence-electron chi connectivity index (χ1n) is 17.7. The number of nitrogens with zero attached hydrogens (tertiary/aromatic N) is 3. The van der Waals surface area contributed by atoms with Crippen molar-refractivity contribution in [1.29, 1.82) is 0 Å². The highest BCUT2D eigenvalue weighted by Crippen LogP contribution is 2.25. The summed E-state index contributed by atoms with van der Waals surface area (Å²) in [5, 5.41) is 3.28. The lowest BCUT2D eigenvalue weighted by Gasteiger charge is -2.39. The number of rotatable bonds is 14. The van der Waals surface area contributed by atoms with Gasteiger partial charge in [-0.15, -0.1) is 0 Å². The summed E-state index contributed by atoms with van der Waals surface area (Å²) in [5.74, 6) is 1.12. The van der Waals surface area contributed by atoms with Crippen molar-refractivity contribution in [2.45, 2.75) is 90.1 Å². The predicted octanol–water partition coefficient (Wildman–Crippen LogP) is 6.32. The van der Waals surface area contributed by atoms with E-state index in [4.69, 9.17) is 4.74 Å². The fourth-order valence-electron chi connectivity index (χ4n) is 7.00. The van der Waals surface area contributed by atoms with E-state index in [1.165, 1.54) is 24.8 Å². The number of amides is 2. The van der Waals surface area contributed by atoms with E-state index >= 15 is 0 Å². The van der Waals surface area contributed by atoms with Crippen molar-refractivity contribution in [2.24, 2.45) is 5.92 Å². The van der Waals surface area contributed by atoms with Crippen LogP contribution in [-0.4, -0.2) is 77.9 Å². The molecular weight excluding hydrogens is 584 g/mol. The van der Waals surface area contributed by atoms with Crippen molar-refractivity contribution < 1.29 is 14.3 Å². The summed E-state index contributed by atoms with van der Waals surface area (Å²) in [6.07, 6.45) is 7.18. The van der Waals surface area contributed by atoms with Crippen molar-refractivity contribution in [1.82, 2.24) is 20.0 Å². The van der Waals surface area contributed by atoms with E-state index in [1.54, 1.807) is 0 Å². The molecule has 2 aliphatic rings. The average Bonchev–Trinajstić information content (AvgIpc) is 3.11. The molecule has 2 amide bonds. The predicted molar refractivity (Wildman–Crippen MR) is 189 cm³/mol. The number of benzene rings is 3. The Hall–Kier alpha value is -3.68. The van der Waals surface area contributed by atoms with Crippen LogP contribution in [0.3, 0.4) is 0 Å². The first-order chi connectivity index (χ1) is 22.9. The molecule has 2 atom stereocenters.